The van der Waals surface area contributed by atoms with Crippen LogP contribution in [0.2, 0.25) is 0 Å². The zero-order valence-corrected chi connectivity index (χ0v) is 9.66. The minimum Gasteiger partial charge on any atom is -0.326 e. The van der Waals surface area contributed by atoms with Gasteiger partial charge in [0.05, 0.1) is 11.7 Å². The maximum atomic E-state index is 11.4. The predicted octanol–water partition coefficient (Wildman–Crippen LogP) is 2.14. The van der Waals surface area contributed by atoms with Crippen molar-refractivity contribution < 1.29 is 4.79 Å². The first kappa shape index (κ1) is 11.0. The van der Waals surface area contributed by atoms with E-state index < -0.39 is 0 Å². The van der Waals surface area contributed by atoms with E-state index in [9.17, 15) is 4.79 Å². The molecule has 84 valence electrons. The van der Waals surface area contributed by atoms with Gasteiger partial charge in [0, 0.05) is 30.4 Å². The Labute approximate surface area is 98.2 Å². The number of nitrogens with one attached hydrogen (secondary N) is 1. The molecule has 0 aliphatic heterocycles. The molecule has 2 rings (SSSR count). The number of anilines is 1. The quantitative estimate of drug-likeness (QED) is 0.832. The molecule has 0 aliphatic carbocycles. The van der Waals surface area contributed by atoms with Crippen LogP contribution in [0, 0.1) is 0 Å². The molecule has 5 heteroatoms. The van der Waals surface area contributed by atoms with Gasteiger partial charge in [-0.1, -0.05) is 0 Å². The fraction of sp³-hybridized carbons (Fsp3) is 0.273. The predicted molar refractivity (Wildman–Crippen MR) is 64.7 cm³/mol. The van der Waals surface area contributed by atoms with Gasteiger partial charge in [0.1, 0.15) is 0 Å². The molecule has 0 unspecified atom stereocenters. The Hall–Kier alpha value is -1.55. The molecule has 1 amide bonds. The highest BCUT2D eigenvalue weighted by molar-refractivity contribution is 6.19. The van der Waals surface area contributed by atoms with Crippen molar-refractivity contribution in [2.75, 3.05) is 11.2 Å². The van der Waals surface area contributed by atoms with E-state index in [1.807, 2.05) is 25.2 Å². The number of nitrogens with zero attached hydrogens (tertiary/aromatic N) is 2. The molecule has 4 nitrogen and oxygen atoms in total. The fourth-order valence-corrected chi connectivity index (χ4v) is 1.70. The highest BCUT2D eigenvalue weighted by Crippen LogP contribution is 2.18. The Morgan fingerprint density at radius 2 is 2.38 bits per heavy atom. The van der Waals surface area contributed by atoms with Gasteiger partial charge in [-0.2, -0.15) is 5.10 Å². The number of aromatic nitrogens is 2. The zero-order valence-electron chi connectivity index (χ0n) is 8.90. The minimum absolute atomic E-state index is 0.0727. The molecule has 0 atom stereocenters. The number of benzene rings is 1. The molecule has 0 spiro atoms. The van der Waals surface area contributed by atoms with Crippen molar-refractivity contribution in [2.45, 2.75) is 6.42 Å². The standard InChI is InChI=1S/C11H12ClN3O/c1-15-10-6-9(14-11(16)4-5-12)3-2-8(10)7-13-15/h2-3,6-7H,4-5H2,1H3,(H,14,16). The van der Waals surface area contributed by atoms with Gasteiger partial charge in [-0.15, -0.1) is 11.6 Å². The first-order valence-electron chi connectivity index (χ1n) is 4.98. The van der Waals surface area contributed by atoms with Crippen LogP contribution in [0.1, 0.15) is 6.42 Å². The van der Waals surface area contributed by atoms with Gasteiger partial charge in [0.25, 0.3) is 0 Å². The number of rotatable bonds is 3. The molecular weight excluding hydrogens is 226 g/mol. The molecule has 16 heavy (non-hydrogen) atoms. The molecule has 1 heterocycles. The number of carbonyl (C=O) groups is 1. The molecule has 1 aromatic heterocycles. The van der Waals surface area contributed by atoms with Crippen molar-refractivity contribution in [1.82, 2.24) is 9.78 Å². The molecule has 0 fully saturated rings. The van der Waals surface area contributed by atoms with E-state index in [0.29, 0.717) is 12.3 Å². The van der Waals surface area contributed by atoms with Crippen molar-refractivity contribution in [2.24, 2.45) is 7.05 Å². The highest BCUT2D eigenvalue weighted by Gasteiger charge is 2.04. The van der Waals surface area contributed by atoms with Crippen molar-refractivity contribution in [3.63, 3.8) is 0 Å². The van der Waals surface area contributed by atoms with E-state index in [4.69, 9.17) is 11.6 Å². The van der Waals surface area contributed by atoms with E-state index in [1.54, 1.807) is 10.9 Å². The van der Waals surface area contributed by atoms with Crippen LogP contribution >= 0.6 is 11.6 Å². The van der Waals surface area contributed by atoms with Gasteiger partial charge >= 0.3 is 0 Å². The maximum absolute atomic E-state index is 11.4. The summed E-state index contributed by atoms with van der Waals surface area (Å²) in [6.07, 6.45) is 2.12. The van der Waals surface area contributed by atoms with Crippen molar-refractivity contribution in [3.05, 3.63) is 24.4 Å². The fourth-order valence-electron chi connectivity index (χ4n) is 1.53. The largest absolute Gasteiger partial charge is 0.326 e. The Morgan fingerprint density at radius 1 is 1.56 bits per heavy atom. The average Bonchev–Trinajstić information content (AvgIpc) is 2.61. The number of hydrogen-bond acceptors (Lipinski definition) is 2. The molecule has 0 aliphatic rings. The lowest BCUT2D eigenvalue weighted by atomic mass is 10.2. The van der Waals surface area contributed by atoms with Crippen LogP contribution in [0.15, 0.2) is 24.4 Å². The summed E-state index contributed by atoms with van der Waals surface area (Å²) in [5, 5.41) is 7.98. The van der Waals surface area contributed by atoms with Crippen LogP contribution < -0.4 is 5.32 Å². The second-order valence-corrected chi connectivity index (χ2v) is 3.91. The van der Waals surface area contributed by atoms with E-state index in [0.717, 1.165) is 16.6 Å². The molecule has 0 saturated heterocycles. The summed E-state index contributed by atoms with van der Waals surface area (Å²) in [6, 6.07) is 5.68. The molecule has 1 N–H and O–H groups in total. The zero-order chi connectivity index (χ0) is 11.5. The third kappa shape index (κ3) is 2.17. The van der Waals surface area contributed by atoms with Crippen molar-refractivity contribution in [1.29, 1.82) is 0 Å². The molecule has 2 aromatic rings. The lowest BCUT2D eigenvalue weighted by molar-refractivity contribution is -0.115. The molecular formula is C11H12ClN3O. The average molecular weight is 238 g/mol. The summed E-state index contributed by atoms with van der Waals surface area (Å²) >= 11 is 5.49. The second kappa shape index (κ2) is 4.53. The summed E-state index contributed by atoms with van der Waals surface area (Å²) in [7, 11) is 1.87. The van der Waals surface area contributed by atoms with Crippen molar-refractivity contribution >= 4 is 34.1 Å². The Kier molecular flexibility index (Phi) is 3.10. The number of amides is 1. The molecule has 0 saturated carbocycles. The summed E-state index contributed by atoms with van der Waals surface area (Å²) in [5.74, 6) is 0.260. The Morgan fingerprint density at radius 3 is 3.12 bits per heavy atom. The number of fused-ring (bicyclic) bond motifs is 1. The van der Waals surface area contributed by atoms with E-state index in [1.165, 1.54) is 0 Å². The first-order valence-corrected chi connectivity index (χ1v) is 5.52. The third-order valence-corrected chi connectivity index (χ3v) is 2.54. The van der Waals surface area contributed by atoms with Crippen LogP contribution in [0.3, 0.4) is 0 Å². The lowest BCUT2D eigenvalue weighted by Crippen LogP contribution is -2.11. The summed E-state index contributed by atoms with van der Waals surface area (Å²) in [4.78, 5) is 11.4. The molecule has 1 aromatic carbocycles. The molecule has 0 bridgehead atoms. The topological polar surface area (TPSA) is 46.9 Å². The summed E-state index contributed by atoms with van der Waals surface area (Å²) in [5.41, 5.74) is 1.76. The summed E-state index contributed by atoms with van der Waals surface area (Å²) in [6.45, 7) is 0. The van der Waals surface area contributed by atoms with Crippen LogP contribution in [0.5, 0.6) is 0 Å². The Bertz CT molecular complexity index is 521. The first-order chi connectivity index (χ1) is 7.70. The van der Waals surface area contributed by atoms with Gasteiger partial charge in [0.2, 0.25) is 5.91 Å². The SMILES string of the molecule is Cn1ncc2ccc(NC(=O)CCCl)cc21. The van der Waals surface area contributed by atoms with E-state index in [-0.39, 0.29) is 5.91 Å². The van der Waals surface area contributed by atoms with Gasteiger partial charge in [-0.05, 0) is 18.2 Å². The van der Waals surface area contributed by atoms with Crippen LogP contribution in [-0.2, 0) is 11.8 Å². The number of alkyl halides is 1. The van der Waals surface area contributed by atoms with Gasteiger partial charge in [0.15, 0.2) is 0 Å². The Balaban J connectivity index is 2.25. The van der Waals surface area contributed by atoms with E-state index in [2.05, 4.69) is 10.4 Å². The maximum Gasteiger partial charge on any atom is 0.225 e. The van der Waals surface area contributed by atoms with Gasteiger partial charge in [-0.25, -0.2) is 0 Å². The second-order valence-electron chi connectivity index (χ2n) is 3.53. The molecule has 0 radical (unpaired) electrons. The number of carbonyl (C=O) groups excluding carboxylic acids is 1. The van der Waals surface area contributed by atoms with Gasteiger partial charge < -0.3 is 5.32 Å². The number of aryl methyl sites for hydroxylation is 1. The van der Waals surface area contributed by atoms with Crippen molar-refractivity contribution in [3.8, 4) is 0 Å². The monoisotopic (exact) mass is 237 g/mol. The summed E-state index contributed by atoms with van der Waals surface area (Å²) < 4.78 is 1.77. The minimum atomic E-state index is -0.0727. The highest BCUT2D eigenvalue weighted by atomic mass is 35.5. The normalized spacial score (nSPS) is 10.6. The number of hydrogen-bond donors (Lipinski definition) is 1. The third-order valence-electron chi connectivity index (χ3n) is 2.35. The smallest absolute Gasteiger partial charge is 0.225 e. The number of halogens is 1. The van der Waals surface area contributed by atoms with Crippen LogP contribution in [0.4, 0.5) is 5.69 Å². The lowest BCUT2D eigenvalue weighted by Gasteiger charge is -2.04. The van der Waals surface area contributed by atoms with Crippen LogP contribution in [-0.4, -0.2) is 21.6 Å². The van der Waals surface area contributed by atoms with Crippen LogP contribution in [0.25, 0.3) is 10.9 Å². The van der Waals surface area contributed by atoms with Gasteiger partial charge in [-0.3, -0.25) is 9.48 Å². The van der Waals surface area contributed by atoms with E-state index >= 15 is 0 Å².